The molecule has 1 spiro atoms. The van der Waals surface area contributed by atoms with E-state index in [1.165, 1.54) is 18.6 Å². The van der Waals surface area contributed by atoms with Crippen LogP contribution in [0.4, 0.5) is 4.39 Å². The molecule has 1 aromatic carbocycles. The summed E-state index contributed by atoms with van der Waals surface area (Å²) in [4.78, 5) is 23.2. The van der Waals surface area contributed by atoms with Crippen molar-refractivity contribution in [3.8, 4) is 0 Å². The van der Waals surface area contributed by atoms with Crippen LogP contribution in [0.5, 0.6) is 0 Å². The second-order valence-corrected chi connectivity index (χ2v) is 6.76. The summed E-state index contributed by atoms with van der Waals surface area (Å²) in [6.07, 6.45) is 7.01. The molecule has 1 aromatic rings. The van der Waals surface area contributed by atoms with Crippen LogP contribution in [-0.4, -0.2) is 35.2 Å². The lowest BCUT2D eigenvalue weighted by Crippen LogP contribution is -2.49. The molecule has 0 radical (unpaired) electrons. The largest absolute Gasteiger partial charge is 0.478 e. The number of rotatable bonds is 3. The van der Waals surface area contributed by atoms with Crippen molar-refractivity contribution in [1.82, 2.24) is 5.32 Å². The normalized spacial score (nSPS) is 23.0. The maximum atomic E-state index is 14.0. The molecule has 1 saturated heterocycles. The standard InChI is InChI=1S/C18H22FNO4/c19-15-10-12(17(22)23)4-5-14(15)16(21)20-13-6-9-24-18(11-13)7-2-1-3-8-18/h4-5,10,13H,1-3,6-9,11H2,(H,20,21)(H,22,23). The van der Waals surface area contributed by atoms with Crippen LogP contribution >= 0.6 is 0 Å². The Hall–Kier alpha value is -1.95. The molecule has 1 aliphatic heterocycles. The zero-order chi connectivity index (χ0) is 17.2. The highest BCUT2D eigenvalue weighted by atomic mass is 19.1. The molecule has 0 aromatic heterocycles. The molecule has 3 rings (SSSR count). The minimum absolute atomic E-state index is 0.0390. The van der Waals surface area contributed by atoms with Gasteiger partial charge in [-0.1, -0.05) is 19.3 Å². The highest BCUT2D eigenvalue weighted by molar-refractivity contribution is 5.96. The van der Waals surface area contributed by atoms with Crippen molar-refractivity contribution in [2.45, 2.75) is 56.6 Å². The number of carboxylic acids is 1. The maximum Gasteiger partial charge on any atom is 0.335 e. The first-order valence-corrected chi connectivity index (χ1v) is 8.47. The second kappa shape index (κ2) is 6.89. The molecule has 2 N–H and O–H groups in total. The molecule has 0 bridgehead atoms. The van der Waals surface area contributed by atoms with Crippen LogP contribution < -0.4 is 5.32 Å². The van der Waals surface area contributed by atoms with Gasteiger partial charge in [0.05, 0.1) is 16.7 Å². The topological polar surface area (TPSA) is 75.6 Å². The third-order valence-electron chi connectivity index (χ3n) is 5.05. The molecular formula is C18H22FNO4. The number of hydrogen-bond acceptors (Lipinski definition) is 3. The Labute approximate surface area is 140 Å². The minimum atomic E-state index is -1.22. The van der Waals surface area contributed by atoms with Crippen LogP contribution in [0.3, 0.4) is 0 Å². The fourth-order valence-electron chi connectivity index (χ4n) is 3.79. The van der Waals surface area contributed by atoms with E-state index in [-0.39, 0.29) is 22.8 Å². The van der Waals surface area contributed by atoms with Gasteiger partial charge < -0.3 is 15.2 Å². The fourth-order valence-corrected chi connectivity index (χ4v) is 3.79. The Morgan fingerprint density at radius 3 is 2.67 bits per heavy atom. The third kappa shape index (κ3) is 3.59. The molecular weight excluding hydrogens is 313 g/mol. The van der Waals surface area contributed by atoms with E-state index < -0.39 is 17.7 Å². The van der Waals surface area contributed by atoms with Crippen molar-refractivity contribution in [1.29, 1.82) is 0 Å². The van der Waals surface area contributed by atoms with Crippen LogP contribution in [0.15, 0.2) is 18.2 Å². The molecule has 1 heterocycles. The molecule has 2 fully saturated rings. The summed E-state index contributed by atoms with van der Waals surface area (Å²) < 4.78 is 20.0. The smallest absolute Gasteiger partial charge is 0.335 e. The molecule has 130 valence electrons. The molecule has 1 unspecified atom stereocenters. The molecule has 1 atom stereocenters. The van der Waals surface area contributed by atoms with E-state index >= 15 is 0 Å². The van der Waals surface area contributed by atoms with E-state index in [0.717, 1.165) is 38.2 Å². The van der Waals surface area contributed by atoms with Crippen LogP contribution in [-0.2, 0) is 4.74 Å². The highest BCUT2D eigenvalue weighted by Crippen LogP contribution is 2.38. The van der Waals surface area contributed by atoms with Crippen molar-refractivity contribution < 1.29 is 23.8 Å². The summed E-state index contributed by atoms with van der Waals surface area (Å²) in [5.74, 6) is -2.53. The number of ether oxygens (including phenoxy) is 1. The van der Waals surface area contributed by atoms with Crippen molar-refractivity contribution in [2.75, 3.05) is 6.61 Å². The highest BCUT2D eigenvalue weighted by Gasteiger charge is 2.39. The maximum absolute atomic E-state index is 14.0. The Bertz CT molecular complexity index is 634. The average Bonchev–Trinajstić information content (AvgIpc) is 2.55. The molecule has 1 aliphatic carbocycles. The third-order valence-corrected chi connectivity index (χ3v) is 5.05. The predicted octanol–water partition coefficient (Wildman–Crippen LogP) is 3.14. The lowest BCUT2D eigenvalue weighted by Gasteiger charge is -2.43. The number of carboxylic acid groups (broad SMARTS) is 1. The van der Waals surface area contributed by atoms with Gasteiger partial charge in [0.2, 0.25) is 0 Å². The van der Waals surface area contributed by atoms with Crippen molar-refractivity contribution in [2.24, 2.45) is 0 Å². The van der Waals surface area contributed by atoms with E-state index in [4.69, 9.17) is 9.84 Å². The van der Waals surface area contributed by atoms with E-state index in [1.807, 2.05) is 0 Å². The first-order valence-electron chi connectivity index (χ1n) is 8.47. The first-order chi connectivity index (χ1) is 11.5. The van der Waals surface area contributed by atoms with E-state index in [2.05, 4.69) is 5.32 Å². The van der Waals surface area contributed by atoms with Gasteiger partial charge in [-0.15, -0.1) is 0 Å². The number of aromatic carboxylic acids is 1. The van der Waals surface area contributed by atoms with Gasteiger partial charge >= 0.3 is 5.97 Å². The molecule has 24 heavy (non-hydrogen) atoms. The lowest BCUT2D eigenvalue weighted by atomic mass is 9.78. The Morgan fingerprint density at radius 1 is 1.25 bits per heavy atom. The first kappa shape index (κ1) is 16.9. The summed E-state index contributed by atoms with van der Waals surface area (Å²) in [7, 11) is 0. The monoisotopic (exact) mass is 335 g/mol. The minimum Gasteiger partial charge on any atom is -0.478 e. The van der Waals surface area contributed by atoms with Gasteiger partial charge in [-0.05, 0) is 43.9 Å². The average molecular weight is 335 g/mol. The van der Waals surface area contributed by atoms with Gasteiger partial charge in [-0.25, -0.2) is 9.18 Å². The molecule has 1 saturated carbocycles. The lowest BCUT2D eigenvalue weighted by molar-refractivity contribution is -0.107. The van der Waals surface area contributed by atoms with Crippen LogP contribution in [0, 0.1) is 5.82 Å². The number of nitrogens with one attached hydrogen (secondary N) is 1. The van der Waals surface area contributed by atoms with Gasteiger partial charge in [0.15, 0.2) is 0 Å². The van der Waals surface area contributed by atoms with Gasteiger partial charge in [0.25, 0.3) is 5.91 Å². The van der Waals surface area contributed by atoms with E-state index in [1.54, 1.807) is 0 Å². The van der Waals surface area contributed by atoms with Gasteiger partial charge in [-0.3, -0.25) is 4.79 Å². The van der Waals surface area contributed by atoms with Gasteiger partial charge in [0, 0.05) is 12.6 Å². The quantitative estimate of drug-likeness (QED) is 0.890. The number of halogens is 1. The summed E-state index contributed by atoms with van der Waals surface area (Å²) in [5, 5.41) is 11.7. The molecule has 6 heteroatoms. The van der Waals surface area contributed by atoms with Crippen molar-refractivity contribution >= 4 is 11.9 Å². The van der Waals surface area contributed by atoms with Gasteiger partial charge in [0.1, 0.15) is 5.82 Å². The van der Waals surface area contributed by atoms with Crippen molar-refractivity contribution in [3.05, 3.63) is 35.1 Å². The van der Waals surface area contributed by atoms with Crippen LogP contribution in [0.2, 0.25) is 0 Å². The van der Waals surface area contributed by atoms with Crippen LogP contribution in [0.1, 0.15) is 65.7 Å². The summed E-state index contributed by atoms with van der Waals surface area (Å²) in [6.45, 7) is 0.603. The molecule has 5 nitrogen and oxygen atoms in total. The SMILES string of the molecule is O=C(O)c1ccc(C(=O)NC2CCOC3(CCCCC3)C2)c(F)c1. The van der Waals surface area contributed by atoms with Gasteiger partial charge in [-0.2, -0.15) is 0 Å². The zero-order valence-electron chi connectivity index (χ0n) is 13.5. The molecule has 1 amide bonds. The van der Waals surface area contributed by atoms with E-state index in [9.17, 15) is 14.0 Å². The Balaban J connectivity index is 1.67. The number of carbonyl (C=O) groups excluding carboxylic acids is 1. The Kier molecular flexibility index (Phi) is 4.85. The Morgan fingerprint density at radius 2 is 2.00 bits per heavy atom. The summed E-state index contributed by atoms with van der Waals surface area (Å²) >= 11 is 0. The van der Waals surface area contributed by atoms with E-state index in [0.29, 0.717) is 13.0 Å². The number of carbonyl (C=O) groups is 2. The zero-order valence-corrected chi connectivity index (χ0v) is 13.5. The number of hydrogen-bond donors (Lipinski definition) is 2. The number of amides is 1. The number of benzene rings is 1. The fraction of sp³-hybridized carbons (Fsp3) is 0.556. The van der Waals surface area contributed by atoms with Crippen molar-refractivity contribution in [3.63, 3.8) is 0 Å². The van der Waals surface area contributed by atoms with Crippen LogP contribution in [0.25, 0.3) is 0 Å². The summed E-state index contributed by atoms with van der Waals surface area (Å²) in [6, 6.07) is 3.31. The summed E-state index contributed by atoms with van der Waals surface area (Å²) in [5.41, 5.74) is -0.430. The predicted molar refractivity (Wildman–Crippen MR) is 85.6 cm³/mol. The second-order valence-electron chi connectivity index (χ2n) is 6.76. The molecule has 2 aliphatic rings.